The van der Waals surface area contributed by atoms with Crippen molar-refractivity contribution in [2.24, 2.45) is 0 Å². The van der Waals surface area contributed by atoms with Crippen molar-refractivity contribution in [2.45, 2.75) is 5.51 Å². The second-order valence-corrected chi connectivity index (χ2v) is 8.94. The Labute approximate surface area is 187 Å². The summed E-state index contributed by atoms with van der Waals surface area (Å²) in [7, 11) is -5.87. The van der Waals surface area contributed by atoms with Crippen molar-refractivity contribution in [1.29, 1.82) is 0 Å². The number of nitrogens with zero attached hydrogens (tertiary/aromatic N) is 1. The largest absolute Gasteiger partial charge is 0.534 e. The monoisotopic (exact) mass is 467 g/mol. The molecule has 1 heterocycles. The summed E-state index contributed by atoms with van der Waals surface area (Å²) >= 11 is 0. The molecule has 8 heteroatoms. The topological polar surface area (TPSA) is 48.3 Å². The molecule has 0 spiro atoms. The van der Waals surface area contributed by atoms with Crippen molar-refractivity contribution in [3.05, 3.63) is 97.1 Å². The Morgan fingerprint density at radius 3 is 1.97 bits per heavy atom. The quantitative estimate of drug-likeness (QED) is 0.219. The fraction of sp³-hybridized carbons (Fsp3) is 0.0400. The summed E-state index contributed by atoms with van der Waals surface area (Å²) in [6, 6.07) is 28.4. The van der Waals surface area contributed by atoms with E-state index in [0.717, 1.165) is 22.0 Å². The number of fused-ring (bicyclic) bond motifs is 3. The molecule has 0 N–H and O–H groups in total. The lowest BCUT2D eigenvalue weighted by Gasteiger charge is -2.15. The molecule has 0 fully saturated rings. The molecule has 33 heavy (non-hydrogen) atoms. The van der Waals surface area contributed by atoms with Crippen molar-refractivity contribution in [3.8, 4) is 22.6 Å². The van der Waals surface area contributed by atoms with Gasteiger partial charge in [-0.25, -0.2) is 0 Å². The zero-order valence-corrected chi connectivity index (χ0v) is 17.8. The first kappa shape index (κ1) is 21.1. The van der Waals surface area contributed by atoms with E-state index < -0.39 is 21.4 Å². The Hall–Kier alpha value is -3.78. The highest BCUT2D eigenvalue weighted by atomic mass is 32.2. The van der Waals surface area contributed by atoms with Gasteiger partial charge in [-0.2, -0.15) is 21.6 Å². The van der Waals surface area contributed by atoms with Gasteiger partial charge < -0.3 is 8.75 Å². The van der Waals surface area contributed by atoms with Crippen molar-refractivity contribution >= 4 is 31.9 Å². The third-order valence-electron chi connectivity index (χ3n) is 5.36. The summed E-state index contributed by atoms with van der Waals surface area (Å²) in [4.78, 5) is 0. The van der Waals surface area contributed by atoms with Gasteiger partial charge in [-0.05, 0) is 29.8 Å². The van der Waals surface area contributed by atoms with Crippen LogP contribution in [0.3, 0.4) is 0 Å². The van der Waals surface area contributed by atoms with Crippen LogP contribution in [0.2, 0.25) is 0 Å². The van der Waals surface area contributed by atoms with E-state index in [2.05, 4.69) is 4.18 Å². The molecule has 166 valence electrons. The van der Waals surface area contributed by atoms with Crippen molar-refractivity contribution < 1.29 is 25.8 Å². The van der Waals surface area contributed by atoms with E-state index in [1.165, 1.54) is 6.07 Å². The summed E-state index contributed by atoms with van der Waals surface area (Å²) in [6.45, 7) is 0. The van der Waals surface area contributed by atoms with Crippen LogP contribution in [-0.2, 0) is 10.1 Å². The van der Waals surface area contributed by atoms with Crippen LogP contribution in [0, 0.1) is 0 Å². The van der Waals surface area contributed by atoms with Gasteiger partial charge in [-0.1, -0.05) is 66.7 Å². The van der Waals surface area contributed by atoms with Crippen LogP contribution in [0.4, 0.5) is 13.2 Å². The molecule has 0 aliphatic carbocycles. The molecule has 5 aromatic rings. The van der Waals surface area contributed by atoms with Crippen LogP contribution in [0.15, 0.2) is 97.1 Å². The molecule has 4 aromatic carbocycles. The first-order chi connectivity index (χ1) is 15.8. The van der Waals surface area contributed by atoms with E-state index in [1.807, 2.05) is 59.2 Å². The van der Waals surface area contributed by atoms with Gasteiger partial charge in [0, 0.05) is 28.1 Å². The fourth-order valence-electron chi connectivity index (χ4n) is 3.93. The second-order valence-electron chi connectivity index (χ2n) is 7.40. The molecule has 0 bridgehead atoms. The molecule has 0 aliphatic heterocycles. The van der Waals surface area contributed by atoms with Crippen LogP contribution in [0.5, 0.6) is 5.75 Å². The maximum absolute atomic E-state index is 13.2. The Morgan fingerprint density at radius 1 is 0.697 bits per heavy atom. The summed E-state index contributed by atoms with van der Waals surface area (Å²) < 4.78 is 69.9. The zero-order valence-electron chi connectivity index (χ0n) is 17.0. The van der Waals surface area contributed by atoms with Gasteiger partial charge in [0.25, 0.3) is 0 Å². The first-order valence-corrected chi connectivity index (χ1v) is 11.4. The van der Waals surface area contributed by atoms with Crippen LogP contribution in [0.25, 0.3) is 38.6 Å². The normalized spacial score (nSPS) is 12.3. The standard InChI is InChI=1S/C25H16F3NO3S/c26-25(27,28)33(30,31)32-24-16-23-21(15-20(24)17-9-3-1-4-10-17)19-13-7-8-14-22(19)29(23)18-11-5-2-6-12-18/h1-16H. The Kier molecular flexibility index (Phi) is 4.90. The highest BCUT2D eigenvalue weighted by molar-refractivity contribution is 7.88. The number of rotatable bonds is 4. The average molecular weight is 467 g/mol. The number of alkyl halides is 3. The minimum Gasteiger partial charge on any atom is -0.375 e. The molecule has 0 saturated heterocycles. The van der Waals surface area contributed by atoms with Gasteiger partial charge >= 0.3 is 15.6 Å². The van der Waals surface area contributed by atoms with Gasteiger partial charge in [0.15, 0.2) is 5.75 Å². The number of hydrogen-bond acceptors (Lipinski definition) is 3. The molecule has 4 nitrogen and oxygen atoms in total. The van der Waals surface area contributed by atoms with Gasteiger partial charge in [-0.3, -0.25) is 0 Å². The predicted molar refractivity (Wildman–Crippen MR) is 122 cm³/mol. The Bertz CT molecular complexity index is 1580. The van der Waals surface area contributed by atoms with Crippen LogP contribution >= 0.6 is 0 Å². The van der Waals surface area contributed by atoms with Crippen LogP contribution in [0.1, 0.15) is 0 Å². The van der Waals surface area contributed by atoms with E-state index in [4.69, 9.17) is 0 Å². The number of hydrogen-bond donors (Lipinski definition) is 0. The van der Waals surface area contributed by atoms with Crippen LogP contribution < -0.4 is 4.18 Å². The molecule has 0 amide bonds. The van der Waals surface area contributed by atoms with E-state index in [-0.39, 0.29) is 5.56 Å². The highest BCUT2D eigenvalue weighted by Crippen LogP contribution is 2.41. The smallest absolute Gasteiger partial charge is 0.375 e. The third-order valence-corrected chi connectivity index (χ3v) is 6.32. The maximum atomic E-state index is 13.2. The lowest BCUT2D eigenvalue weighted by atomic mass is 10.0. The molecule has 0 atom stereocenters. The lowest BCUT2D eigenvalue weighted by molar-refractivity contribution is -0.0499. The van der Waals surface area contributed by atoms with Crippen molar-refractivity contribution in [3.63, 3.8) is 0 Å². The molecule has 5 rings (SSSR count). The minimum absolute atomic E-state index is 0.242. The van der Waals surface area contributed by atoms with Gasteiger partial charge in [0.1, 0.15) is 0 Å². The maximum Gasteiger partial charge on any atom is 0.534 e. The number of para-hydroxylation sites is 2. The number of benzene rings is 4. The molecule has 0 radical (unpaired) electrons. The van der Waals surface area contributed by atoms with Gasteiger partial charge in [0.05, 0.1) is 11.0 Å². The van der Waals surface area contributed by atoms with E-state index >= 15 is 0 Å². The second kappa shape index (κ2) is 7.67. The van der Waals surface area contributed by atoms with E-state index in [0.29, 0.717) is 11.1 Å². The lowest BCUT2D eigenvalue weighted by Crippen LogP contribution is -2.28. The summed E-state index contributed by atoms with van der Waals surface area (Å²) in [5.74, 6) is -0.397. The molecule has 0 saturated carbocycles. The van der Waals surface area contributed by atoms with Gasteiger partial charge in [-0.15, -0.1) is 0 Å². The Balaban J connectivity index is 1.88. The summed E-state index contributed by atoms with van der Waals surface area (Å²) in [5, 5.41) is 1.63. The summed E-state index contributed by atoms with van der Waals surface area (Å²) in [5.41, 5.74) is -2.65. The molecule has 0 aliphatic rings. The number of aromatic nitrogens is 1. The fourth-order valence-corrected chi connectivity index (χ4v) is 4.40. The zero-order chi connectivity index (χ0) is 23.2. The van der Waals surface area contributed by atoms with Crippen LogP contribution in [-0.4, -0.2) is 18.5 Å². The van der Waals surface area contributed by atoms with E-state index in [9.17, 15) is 21.6 Å². The summed E-state index contributed by atoms with van der Waals surface area (Å²) in [6.07, 6.45) is 0. The average Bonchev–Trinajstić information content (AvgIpc) is 3.12. The first-order valence-electron chi connectivity index (χ1n) is 9.95. The molecule has 1 aromatic heterocycles. The van der Waals surface area contributed by atoms with Gasteiger partial charge in [0.2, 0.25) is 0 Å². The molecular formula is C25H16F3NO3S. The molecule has 0 unspecified atom stereocenters. The highest BCUT2D eigenvalue weighted by Gasteiger charge is 2.49. The van der Waals surface area contributed by atoms with Crippen molar-refractivity contribution in [2.75, 3.05) is 0 Å². The number of halogens is 3. The Morgan fingerprint density at radius 2 is 1.30 bits per heavy atom. The third kappa shape index (κ3) is 3.62. The molecular weight excluding hydrogens is 451 g/mol. The van der Waals surface area contributed by atoms with Crippen molar-refractivity contribution in [1.82, 2.24) is 4.57 Å². The minimum atomic E-state index is -5.87. The van der Waals surface area contributed by atoms with E-state index in [1.54, 1.807) is 36.4 Å². The SMILES string of the molecule is O=S(=O)(Oc1cc2c(cc1-c1ccccc1)c1ccccc1n2-c1ccccc1)C(F)(F)F. The predicted octanol–water partition coefficient (Wildman–Crippen LogP) is 6.68.